The molecule has 1 aromatic heterocycles. The van der Waals surface area contributed by atoms with E-state index >= 15 is 0 Å². The SMILES string of the molecule is C=[N+](C1CCc2c(-c3cnc(-c4ccc(OC(C)C)c(C#[N+]C)c4)s3)cccc21)S(=O)(=O)CCO. The first-order valence-corrected chi connectivity index (χ1v) is 13.8. The van der Waals surface area contributed by atoms with Crippen LogP contribution < -0.4 is 4.74 Å². The molecule has 0 saturated carbocycles. The van der Waals surface area contributed by atoms with Crippen LogP contribution in [-0.4, -0.2) is 54.7 Å². The van der Waals surface area contributed by atoms with Crippen LogP contribution in [0.5, 0.6) is 5.75 Å². The van der Waals surface area contributed by atoms with E-state index in [1.165, 1.54) is 0 Å². The van der Waals surface area contributed by atoms with Crippen molar-refractivity contribution in [1.29, 1.82) is 0 Å². The van der Waals surface area contributed by atoms with Gasteiger partial charge in [-0.2, -0.15) is 8.42 Å². The highest BCUT2D eigenvalue weighted by Gasteiger charge is 2.38. The second-order valence-electron chi connectivity index (χ2n) is 8.60. The zero-order valence-electron chi connectivity index (χ0n) is 20.1. The van der Waals surface area contributed by atoms with Gasteiger partial charge in [0.15, 0.2) is 6.04 Å². The molecule has 1 unspecified atom stereocenters. The number of aromatic nitrogens is 1. The van der Waals surface area contributed by atoms with E-state index in [1.807, 2.05) is 50.4 Å². The predicted octanol–water partition coefficient (Wildman–Crippen LogP) is 4.60. The van der Waals surface area contributed by atoms with Gasteiger partial charge in [-0.3, -0.25) is 0 Å². The number of benzene rings is 2. The summed E-state index contributed by atoms with van der Waals surface area (Å²) in [4.78, 5) is 9.73. The number of nitrogens with zero attached hydrogens (tertiary/aromatic N) is 3. The fourth-order valence-electron chi connectivity index (χ4n) is 4.35. The van der Waals surface area contributed by atoms with Crippen molar-refractivity contribution in [2.45, 2.75) is 38.8 Å². The quantitative estimate of drug-likeness (QED) is 0.353. The highest BCUT2D eigenvalue weighted by Crippen LogP contribution is 2.42. The van der Waals surface area contributed by atoms with Crippen molar-refractivity contribution >= 4 is 28.1 Å². The number of aliphatic hydroxyl groups is 1. The van der Waals surface area contributed by atoms with E-state index in [1.54, 1.807) is 18.4 Å². The first kappa shape index (κ1) is 25.0. The Hall–Kier alpha value is -3.06. The molecular weight excluding hydrogens is 482 g/mol. The number of aliphatic hydroxyl groups excluding tert-OH is 1. The third kappa shape index (κ3) is 5.15. The Morgan fingerprint density at radius 1 is 1.34 bits per heavy atom. The van der Waals surface area contributed by atoms with Gasteiger partial charge in [-0.15, -0.1) is 15.3 Å². The zero-order chi connectivity index (χ0) is 25.2. The largest absolute Gasteiger partial charge is 0.489 e. The van der Waals surface area contributed by atoms with Gasteiger partial charge in [-0.05, 0) is 49.6 Å². The maximum absolute atomic E-state index is 12.5. The molecule has 7 nitrogen and oxygen atoms in total. The molecule has 1 heterocycles. The van der Waals surface area contributed by atoms with Crippen molar-refractivity contribution in [2.75, 3.05) is 19.4 Å². The predicted molar refractivity (Wildman–Crippen MR) is 140 cm³/mol. The van der Waals surface area contributed by atoms with Crippen LogP contribution in [-0.2, 0) is 16.4 Å². The standard InChI is InChI=1S/C26H29N3O4S2/c1-17(2)33-24-11-8-18(14-19(24)15-27-3)26-28-16-25(34-26)22-7-5-6-21-20(22)9-10-23(21)29(4)35(31,32)13-12-30/h5-8,11,14,16-17,23,30H,4,9-10,12-13H2,1-3H3/q+2. The molecule has 1 N–H and O–H groups in total. The Labute approximate surface area is 210 Å². The third-order valence-electron chi connectivity index (χ3n) is 5.89. The number of ether oxygens (including phenoxy) is 1. The molecule has 182 valence electrons. The Morgan fingerprint density at radius 2 is 2.14 bits per heavy atom. The molecule has 2 aromatic carbocycles. The monoisotopic (exact) mass is 511 g/mol. The first-order valence-electron chi connectivity index (χ1n) is 11.4. The number of hydrogen-bond donors (Lipinski definition) is 1. The summed E-state index contributed by atoms with van der Waals surface area (Å²) in [6.07, 6.45) is 3.31. The van der Waals surface area contributed by atoms with Crippen LogP contribution in [0.15, 0.2) is 42.6 Å². The number of hydrogen-bond acceptors (Lipinski definition) is 6. The molecule has 0 saturated heterocycles. The molecule has 4 rings (SSSR count). The number of sulfonamides is 1. The molecular formula is C26H29N3O4S2+2. The minimum Gasteiger partial charge on any atom is -0.489 e. The summed E-state index contributed by atoms with van der Waals surface area (Å²) in [6.45, 7) is 7.34. The van der Waals surface area contributed by atoms with Gasteiger partial charge in [0.25, 0.3) is 7.05 Å². The average molecular weight is 512 g/mol. The average Bonchev–Trinajstić information content (AvgIpc) is 3.47. The van der Waals surface area contributed by atoms with Gasteiger partial charge in [-0.1, -0.05) is 23.0 Å². The van der Waals surface area contributed by atoms with Gasteiger partial charge >= 0.3 is 16.1 Å². The van der Waals surface area contributed by atoms with Crippen LogP contribution in [0, 0.1) is 6.07 Å². The summed E-state index contributed by atoms with van der Waals surface area (Å²) in [6, 6.07) is 14.5. The summed E-state index contributed by atoms with van der Waals surface area (Å²) in [7, 11) is -1.95. The highest BCUT2D eigenvalue weighted by atomic mass is 32.2. The van der Waals surface area contributed by atoms with Gasteiger partial charge in [0.2, 0.25) is 0 Å². The van der Waals surface area contributed by atoms with Gasteiger partial charge in [-0.25, -0.2) is 4.98 Å². The maximum atomic E-state index is 12.5. The molecule has 0 amide bonds. The van der Waals surface area contributed by atoms with Crippen LogP contribution in [0.25, 0.3) is 25.9 Å². The van der Waals surface area contributed by atoms with Crippen molar-refractivity contribution in [3.63, 3.8) is 0 Å². The topological polar surface area (TPSA) is 83.9 Å². The summed E-state index contributed by atoms with van der Waals surface area (Å²) >= 11 is 1.58. The molecule has 1 aliphatic carbocycles. The van der Waals surface area contributed by atoms with Crippen molar-refractivity contribution < 1.29 is 22.2 Å². The van der Waals surface area contributed by atoms with Crippen LogP contribution >= 0.6 is 11.3 Å². The van der Waals surface area contributed by atoms with Crippen LogP contribution in [0.3, 0.4) is 0 Å². The summed E-state index contributed by atoms with van der Waals surface area (Å²) in [5, 5.41) is 9.99. The maximum Gasteiger partial charge on any atom is 0.366 e. The van der Waals surface area contributed by atoms with E-state index < -0.39 is 16.6 Å². The molecule has 3 aromatic rings. The Morgan fingerprint density at radius 3 is 2.86 bits per heavy atom. The van der Waals surface area contributed by atoms with E-state index in [0.29, 0.717) is 6.42 Å². The molecule has 0 bridgehead atoms. The fourth-order valence-corrected chi connectivity index (χ4v) is 6.39. The van der Waals surface area contributed by atoms with E-state index in [2.05, 4.69) is 28.7 Å². The van der Waals surface area contributed by atoms with Gasteiger partial charge < -0.3 is 9.84 Å². The number of rotatable bonds is 8. The molecule has 0 fully saturated rings. The smallest absolute Gasteiger partial charge is 0.366 e. The summed E-state index contributed by atoms with van der Waals surface area (Å²) in [5.74, 6) is 0.399. The van der Waals surface area contributed by atoms with Crippen LogP contribution in [0.2, 0.25) is 0 Å². The van der Waals surface area contributed by atoms with Gasteiger partial charge in [0.1, 0.15) is 28.8 Å². The second-order valence-corrected chi connectivity index (χ2v) is 11.7. The lowest BCUT2D eigenvalue weighted by molar-refractivity contribution is -0.411. The fraction of sp³-hybridized carbons (Fsp3) is 0.346. The van der Waals surface area contributed by atoms with Crippen molar-refractivity contribution in [2.24, 2.45) is 0 Å². The summed E-state index contributed by atoms with van der Waals surface area (Å²) in [5.41, 5.74) is 4.86. The van der Waals surface area contributed by atoms with Crippen molar-refractivity contribution in [3.8, 4) is 32.8 Å². The lowest BCUT2D eigenvalue weighted by atomic mass is 10.0. The lowest BCUT2D eigenvalue weighted by Gasteiger charge is -2.11. The van der Waals surface area contributed by atoms with E-state index in [-0.39, 0.29) is 17.9 Å². The number of fused-ring (bicyclic) bond motifs is 1. The van der Waals surface area contributed by atoms with E-state index in [4.69, 9.17) is 9.84 Å². The molecule has 0 aliphatic heterocycles. The van der Waals surface area contributed by atoms with Gasteiger partial charge in [0, 0.05) is 23.7 Å². The number of thiazole rings is 1. The normalized spacial score (nSPS) is 14.9. The molecule has 1 atom stereocenters. The minimum absolute atomic E-state index is 0.0431. The third-order valence-corrected chi connectivity index (χ3v) is 8.63. The molecule has 9 heteroatoms. The minimum atomic E-state index is -3.63. The highest BCUT2D eigenvalue weighted by molar-refractivity contribution is 7.85. The summed E-state index contributed by atoms with van der Waals surface area (Å²) < 4.78 is 32.0. The second kappa shape index (κ2) is 10.3. The zero-order valence-corrected chi connectivity index (χ0v) is 21.7. The Balaban J connectivity index is 1.67. The van der Waals surface area contributed by atoms with E-state index in [9.17, 15) is 8.42 Å². The van der Waals surface area contributed by atoms with Crippen LogP contribution in [0.4, 0.5) is 0 Å². The van der Waals surface area contributed by atoms with Crippen LogP contribution in [0.1, 0.15) is 43.0 Å². The van der Waals surface area contributed by atoms with Crippen molar-refractivity contribution in [3.05, 3.63) is 64.1 Å². The molecule has 0 spiro atoms. The lowest BCUT2D eigenvalue weighted by Crippen LogP contribution is -2.27. The van der Waals surface area contributed by atoms with Gasteiger partial charge in [0.05, 0.1) is 17.6 Å². The van der Waals surface area contributed by atoms with Crippen molar-refractivity contribution in [1.82, 2.24) is 4.98 Å². The Kier molecular flexibility index (Phi) is 7.36. The molecule has 1 aliphatic rings. The van der Waals surface area contributed by atoms with E-state index in [0.717, 1.165) is 53.9 Å². The Bertz CT molecular complexity index is 1430. The molecule has 0 radical (unpaired) electrons. The first-order chi connectivity index (χ1) is 16.7. The molecule has 35 heavy (non-hydrogen) atoms.